The van der Waals surface area contributed by atoms with Gasteiger partial charge in [0.15, 0.2) is 5.16 Å². The molecule has 4 nitrogen and oxygen atoms in total. The van der Waals surface area contributed by atoms with Crippen LogP contribution in [0.5, 0.6) is 0 Å². The van der Waals surface area contributed by atoms with Gasteiger partial charge in [0.05, 0.1) is 0 Å². The molecule has 2 N–H and O–H groups in total. The third-order valence-electron chi connectivity index (χ3n) is 2.79. The zero-order valence-corrected chi connectivity index (χ0v) is 10.8. The molecular weight excluding hydrogens is 244 g/mol. The highest BCUT2D eigenvalue weighted by atomic mass is 35.5. The number of anilines is 1. The summed E-state index contributed by atoms with van der Waals surface area (Å²) in [7, 11) is 0. The highest BCUT2D eigenvalue weighted by molar-refractivity contribution is 7.98. The lowest BCUT2D eigenvalue weighted by Gasteiger charge is -2.17. The van der Waals surface area contributed by atoms with Crippen molar-refractivity contribution in [2.75, 3.05) is 30.8 Å². The predicted octanol–water partition coefficient (Wildman–Crippen LogP) is 1.64. The zero-order chi connectivity index (χ0) is 11.5. The summed E-state index contributed by atoms with van der Waals surface area (Å²) < 4.78 is 0. The van der Waals surface area contributed by atoms with E-state index < -0.39 is 0 Å². The fourth-order valence-electron chi connectivity index (χ4n) is 1.87. The first kappa shape index (κ1) is 12.0. The van der Waals surface area contributed by atoms with Crippen LogP contribution < -0.4 is 10.6 Å². The first-order chi connectivity index (χ1) is 7.72. The minimum absolute atomic E-state index is 0.505. The van der Waals surface area contributed by atoms with Gasteiger partial charge in [-0.2, -0.15) is 0 Å². The summed E-state index contributed by atoms with van der Waals surface area (Å²) in [5.41, 5.74) is 5.67. The van der Waals surface area contributed by atoms with Crippen molar-refractivity contribution in [3.8, 4) is 0 Å². The minimum Gasteiger partial charge on any atom is -0.356 e. The third kappa shape index (κ3) is 2.59. The lowest BCUT2D eigenvalue weighted by atomic mass is 10.1. The van der Waals surface area contributed by atoms with Gasteiger partial charge in [-0.15, -0.1) is 0 Å². The minimum atomic E-state index is 0.505. The number of halogens is 1. The highest BCUT2D eigenvalue weighted by Crippen LogP contribution is 2.25. The van der Waals surface area contributed by atoms with Crippen molar-refractivity contribution in [3.05, 3.63) is 11.2 Å². The average Bonchev–Trinajstić information content (AvgIpc) is 2.76. The van der Waals surface area contributed by atoms with Crippen LogP contribution in [0.2, 0.25) is 5.15 Å². The number of nitrogens with two attached hydrogens (primary N) is 1. The van der Waals surface area contributed by atoms with Gasteiger partial charge in [0.1, 0.15) is 11.0 Å². The Hall–Kier alpha value is -0.520. The maximum Gasteiger partial charge on any atom is 0.190 e. The van der Waals surface area contributed by atoms with Crippen LogP contribution in [0, 0.1) is 5.92 Å². The Morgan fingerprint density at radius 1 is 1.62 bits per heavy atom. The number of hydrogen-bond acceptors (Lipinski definition) is 5. The lowest BCUT2D eigenvalue weighted by molar-refractivity contribution is 0.602. The Kier molecular flexibility index (Phi) is 3.89. The van der Waals surface area contributed by atoms with Crippen molar-refractivity contribution in [3.63, 3.8) is 0 Å². The van der Waals surface area contributed by atoms with Gasteiger partial charge in [0.25, 0.3) is 0 Å². The van der Waals surface area contributed by atoms with Gasteiger partial charge in [-0.25, -0.2) is 9.97 Å². The van der Waals surface area contributed by atoms with Gasteiger partial charge in [0.2, 0.25) is 0 Å². The van der Waals surface area contributed by atoms with Crippen LogP contribution in [-0.4, -0.2) is 35.9 Å². The molecule has 0 saturated carbocycles. The molecule has 1 aromatic heterocycles. The summed E-state index contributed by atoms with van der Waals surface area (Å²) in [6.45, 7) is 2.71. The zero-order valence-electron chi connectivity index (χ0n) is 9.19. The van der Waals surface area contributed by atoms with Crippen LogP contribution in [0.3, 0.4) is 0 Å². The Morgan fingerprint density at radius 2 is 2.44 bits per heavy atom. The van der Waals surface area contributed by atoms with Crippen molar-refractivity contribution in [1.29, 1.82) is 0 Å². The molecule has 0 aromatic carbocycles. The molecule has 2 heterocycles. The first-order valence-electron chi connectivity index (χ1n) is 5.26. The second-order valence-electron chi connectivity index (χ2n) is 3.87. The second-order valence-corrected chi connectivity index (χ2v) is 5.03. The van der Waals surface area contributed by atoms with E-state index in [-0.39, 0.29) is 0 Å². The molecule has 1 aliphatic heterocycles. The molecule has 0 unspecified atom stereocenters. The molecular formula is C10H15ClN4S. The predicted molar refractivity (Wildman–Crippen MR) is 68.2 cm³/mol. The Morgan fingerprint density at radius 3 is 3.06 bits per heavy atom. The molecule has 0 aliphatic carbocycles. The highest BCUT2D eigenvalue weighted by Gasteiger charge is 2.22. The van der Waals surface area contributed by atoms with E-state index >= 15 is 0 Å². The molecule has 16 heavy (non-hydrogen) atoms. The third-order valence-corrected chi connectivity index (χ3v) is 3.53. The van der Waals surface area contributed by atoms with Gasteiger partial charge in [-0.3, -0.25) is 0 Å². The van der Waals surface area contributed by atoms with Gasteiger partial charge in [-0.05, 0) is 25.1 Å². The molecule has 2 rings (SSSR count). The lowest BCUT2D eigenvalue weighted by Crippen LogP contribution is -2.23. The van der Waals surface area contributed by atoms with E-state index in [9.17, 15) is 0 Å². The average molecular weight is 259 g/mol. The molecule has 1 saturated heterocycles. The molecule has 1 aromatic rings. The molecule has 1 aliphatic rings. The largest absolute Gasteiger partial charge is 0.356 e. The molecule has 0 radical (unpaired) electrons. The summed E-state index contributed by atoms with van der Waals surface area (Å²) in [4.78, 5) is 10.8. The molecule has 0 spiro atoms. The second kappa shape index (κ2) is 5.21. The topological polar surface area (TPSA) is 55.0 Å². The molecule has 88 valence electrons. The maximum atomic E-state index is 5.96. The Bertz CT molecular complexity index is 374. The van der Waals surface area contributed by atoms with E-state index in [1.807, 2.05) is 12.3 Å². The summed E-state index contributed by atoms with van der Waals surface area (Å²) in [5, 5.41) is 1.23. The van der Waals surface area contributed by atoms with E-state index in [2.05, 4.69) is 14.9 Å². The van der Waals surface area contributed by atoms with Crippen LogP contribution in [0.1, 0.15) is 6.42 Å². The van der Waals surface area contributed by atoms with Crippen molar-refractivity contribution >= 4 is 29.2 Å². The van der Waals surface area contributed by atoms with Crippen molar-refractivity contribution in [2.24, 2.45) is 11.7 Å². The normalized spacial score (nSPS) is 20.4. The SMILES string of the molecule is CSc1nc(Cl)cc(N2CC[C@H](CN)C2)n1. The number of hydrogen-bond donors (Lipinski definition) is 1. The molecule has 6 heteroatoms. The molecule has 1 fully saturated rings. The summed E-state index contributed by atoms with van der Waals surface area (Å²) in [6, 6.07) is 1.82. The fourth-order valence-corrected chi connectivity index (χ4v) is 2.47. The summed E-state index contributed by atoms with van der Waals surface area (Å²) in [5.74, 6) is 1.49. The van der Waals surface area contributed by atoms with Crippen LogP contribution >= 0.6 is 23.4 Å². The maximum absolute atomic E-state index is 5.96. The van der Waals surface area contributed by atoms with Gasteiger partial charge >= 0.3 is 0 Å². The molecule has 1 atom stereocenters. The monoisotopic (exact) mass is 258 g/mol. The van der Waals surface area contributed by atoms with Crippen molar-refractivity contribution in [1.82, 2.24) is 9.97 Å². The van der Waals surface area contributed by atoms with Crippen molar-refractivity contribution in [2.45, 2.75) is 11.6 Å². The van der Waals surface area contributed by atoms with Crippen molar-refractivity contribution < 1.29 is 0 Å². The fraction of sp³-hybridized carbons (Fsp3) is 0.600. The van der Waals surface area contributed by atoms with E-state index in [0.29, 0.717) is 11.1 Å². The Balaban J connectivity index is 2.17. The van der Waals surface area contributed by atoms with Crippen LogP contribution in [0.15, 0.2) is 11.2 Å². The Labute approximate surface area is 105 Å². The van der Waals surface area contributed by atoms with Crippen LogP contribution in [-0.2, 0) is 0 Å². The van der Waals surface area contributed by atoms with Gasteiger partial charge in [0, 0.05) is 19.2 Å². The van der Waals surface area contributed by atoms with E-state index in [4.69, 9.17) is 17.3 Å². The van der Waals surface area contributed by atoms with Gasteiger partial charge < -0.3 is 10.6 Å². The number of aromatic nitrogens is 2. The summed E-state index contributed by atoms with van der Waals surface area (Å²) in [6.07, 6.45) is 3.08. The standard InChI is InChI=1S/C10H15ClN4S/c1-16-10-13-8(11)4-9(14-10)15-3-2-7(5-12)6-15/h4,7H,2-3,5-6,12H2,1H3/t7-/m1/s1. The van der Waals surface area contributed by atoms with E-state index in [1.54, 1.807) is 0 Å². The number of nitrogens with zero attached hydrogens (tertiary/aromatic N) is 3. The van der Waals surface area contributed by atoms with Gasteiger partial charge in [-0.1, -0.05) is 23.4 Å². The number of thioether (sulfide) groups is 1. The van der Waals surface area contributed by atoms with E-state index in [1.165, 1.54) is 11.8 Å². The van der Waals surface area contributed by atoms with Crippen LogP contribution in [0.25, 0.3) is 0 Å². The van der Waals surface area contributed by atoms with Crippen LogP contribution in [0.4, 0.5) is 5.82 Å². The number of rotatable bonds is 3. The summed E-state index contributed by atoms with van der Waals surface area (Å²) >= 11 is 7.47. The smallest absolute Gasteiger partial charge is 0.190 e. The quantitative estimate of drug-likeness (QED) is 0.507. The van der Waals surface area contributed by atoms with E-state index in [0.717, 1.165) is 37.0 Å². The first-order valence-corrected chi connectivity index (χ1v) is 6.86. The molecule has 0 bridgehead atoms. The molecule has 0 amide bonds.